The molecule has 7 heteroatoms. The van der Waals surface area contributed by atoms with E-state index in [2.05, 4.69) is 21.3 Å². The first kappa shape index (κ1) is 14.8. The number of halogens is 1. The monoisotopic (exact) mass is 317 g/mol. The lowest BCUT2D eigenvalue weighted by atomic mass is 10.0. The lowest BCUT2D eigenvalue weighted by molar-refractivity contribution is 0.105. The molecule has 0 N–H and O–H groups in total. The molecule has 0 spiro atoms. The zero-order valence-electron chi connectivity index (χ0n) is 12.4. The van der Waals surface area contributed by atoms with Gasteiger partial charge in [-0.3, -0.25) is 4.68 Å². The van der Waals surface area contributed by atoms with Gasteiger partial charge < -0.3 is 9.64 Å². The molecule has 2 heterocycles. The Morgan fingerprint density at radius 2 is 2.23 bits per heavy atom. The van der Waals surface area contributed by atoms with Gasteiger partial charge >= 0.3 is 0 Å². The first-order valence-corrected chi connectivity index (χ1v) is 7.34. The molecule has 2 aromatic rings. The van der Waals surface area contributed by atoms with Crippen molar-refractivity contribution in [1.82, 2.24) is 15.0 Å². The number of anilines is 1. The first-order valence-electron chi connectivity index (χ1n) is 6.96. The number of hydrogen-bond donors (Lipinski definition) is 0. The quantitative estimate of drug-likeness (QED) is 0.865. The Morgan fingerprint density at radius 1 is 1.41 bits per heavy atom. The van der Waals surface area contributed by atoms with E-state index < -0.39 is 0 Å². The summed E-state index contributed by atoms with van der Waals surface area (Å²) in [5, 5.41) is 18.0. The van der Waals surface area contributed by atoms with E-state index in [1.54, 1.807) is 17.9 Å². The van der Waals surface area contributed by atoms with E-state index in [0.29, 0.717) is 23.7 Å². The van der Waals surface area contributed by atoms with Gasteiger partial charge in [-0.25, -0.2) is 0 Å². The Kier molecular flexibility index (Phi) is 4.01. The van der Waals surface area contributed by atoms with Gasteiger partial charge in [0.25, 0.3) is 0 Å². The van der Waals surface area contributed by atoms with E-state index in [1.807, 2.05) is 25.4 Å². The van der Waals surface area contributed by atoms with Crippen LogP contribution in [-0.4, -0.2) is 41.3 Å². The van der Waals surface area contributed by atoms with Crippen molar-refractivity contribution in [2.45, 2.75) is 12.0 Å². The van der Waals surface area contributed by atoms with Crippen molar-refractivity contribution in [3.63, 3.8) is 0 Å². The fraction of sp³-hybridized carbons (Fsp3) is 0.400. The van der Waals surface area contributed by atoms with Crippen LogP contribution in [0.4, 0.5) is 5.69 Å². The van der Waals surface area contributed by atoms with E-state index in [-0.39, 0.29) is 12.0 Å². The van der Waals surface area contributed by atoms with Crippen LogP contribution in [0.25, 0.3) is 0 Å². The highest BCUT2D eigenvalue weighted by molar-refractivity contribution is 6.32. The molecule has 2 atom stereocenters. The van der Waals surface area contributed by atoms with E-state index in [4.69, 9.17) is 16.3 Å². The molecule has 22 heavy (non-hydrogen) atoms. The number of aryl methyl sites for hydroxylation is 1. The fourth-order valence-corrected chi connectivity index (χ4v) is 3.13. The van der Waals surface area contributed by atoms with E-state index in [1.165, 1.54) is 0 Å². The van der Waals surface area contributed by atoms with Crippen LogP contribution in [-0.2, 0) is 11.8 Å². The van der Waals surface area contributed by atoms with E-state index >= 15 is 0 Å². The van der Waals surface area contributed by atoms with Crippen molar-refractivity contribution >= 4 is 17.3 Å². The molecule has 1 fully saturated rings. The predicted molar refractivity (Wildman–Crippen MR) is 82.9 cm³/mol. The van der Waals surface area contributed by atoms with E-state index in [0.717, 1.165) is 11.4 Å². The summed E-state index contributed by atoms with van der Waals surface area (Å²) < 4.78 is 7.29. The maximum atomic E-state index is 9.35. The Morgan fingerprint density at radius 3 is 2.86 bits per heavy atom. The summed E-state index contributed by atoms with van der Waals surface area (Å²) in [4.78, 5) is 2.12. The number of nitrogens with zero attached hydrogens (tertiary/aromatic N) is 5. The molecule has 0 bridgehead atoms. The third-order valence-electron chi connectivity index (χ3n) is 4.01. The molecule has 114 valence electrons. The first-order chi connectivity index (χ1) is 10.6. The highest BCUT2D eigenvalue weighted by atomic mass is 35.5. The van der Waals surface area contributed by atoms with Crippen molar-refractivity contribution in [2.24, 2.45) is 7.05 Å². The van der Waals surface area contributed by atoms with Gasteiger partial charge in [-0.15, -0.1) is 5.10 Å². The summed E-state index contributed by atoms with van der Waals surface area (Å²) >= 11 is 6.13. The van der Waals surface area contributed by atoms with Crippen molar-refractivity contribution in [3.05, 3.63) is 40.7 Å². The standard InChI is InChI=1S/C15H16ClN5O/c1-20-8-13(18-19-20)11-7-21(9-15(11)22-2)14-5-3-4-12(16)10(14)6-17/h3-5,8,11,15H,7,9H2,1-2H3/t11-,15+/m0/s1. The third kappa shape index (κ3) is 2.54. The van der Waals surface area contributed by atoms with Gasteiger partial charge in [-0.05, 0) is 12.1 Å². The van der Waals surface area contributed by atoms with Crippen molar-refractivity contribution in [1.29, 1.82) is 5.26 Å². The second kappa shape index (κ2) is 5.95. The SMILES string of the molecule is CO[C@@H]1CN(c2cccc(Cl)c2C#N)C[C@H]1c1cn(C)nn1. The largest absolute Gasteiger partial charge is 0.379 e. The number of aromatic nitrogens is 3. The molecule has 1 aliphatic heterocycles. The molecule has 1 aromatic heterocycles. The summed E-state index contributed by atoms with van der Waals surface area (Å²) in [6.45, 7) is 1.40. The van der Waals surface area contributed by atoms with Crippen LogP contribution in [0.15, 0.2) is 24.4 Å². The number of hydrogen-bond acceptors (Lipinski definition) is 5. The maximum absolute atomic E-state index is 9.35. The van der Waals surface area contributed by atoms with Crippen LogP contribution in [0.3, 0.4) is 0 Å². The van der Waals surface area contributed by atoms with Crippen LogP contribution in [0.1, 0.15) is 17.2 Å². The second-order valence-corrected chi connectivity index (χ2v) is 5.76. The molecule has 0 unspecified atom stereocenters. The molecular formula is C15H16ClN5O. The van der Waals surface area contributed by atoms with Crippen LogP contribution in [0.5, 0.6) is 0 Å². The minimum Gasteiger partial charge on any atom is -0.379 e. The second-order valence-electron chi connectivity index (χ2n) is 5.35. The molecular weight excluding hydrogens is 302 g/mol. The number of methoxy groups -OCH3 is 1. The molecule has 1 saturated heterocycles. The number of benzene rings is 1. The van der Waals surface area contributed by atoms with E-state index in [9.17, 15) is 5.26 Å². The summed E-state index contributed by atoms with van der Waals surface area (Å²) in [5.41, 5.74) is 2.24. The van der Waals surface area contributed by atoms with Gasteiger partial charge in [0.15, 0.2) is 0 Å². The molecule has 0 saturated carbocycles. The lowest BCUT2D eigenvalue weighted by Crippen LogP contribution is -2.23. The Bertz CT molecular complexity index is 723. The normalized spacial score (nSPS) is 21.1. The molecule has 3 rings (SSSR count). The molecule has 0 amide bonds. The van der Waals surface area contributed by atoms with Gasteiger partial charge in [-0.1, -0.05) is 22.9 Å². The minimum atomic E-state index is 0.00206. The highest BCUT2D eigenvalue weighted by Crippen LogP contribution is 2.35. The zero-order chi connectivity index (χ0) is 15.7. The van der Waals surface area contributed by atoms with Crippen LogP contribution in [0, 0.1) is 11.3 Å². The number of ether oxygens (including phenoxy) is 1. The Labute approximate surface area is 133 Å². The summed E-state index contributed by atoms with van der Waals surface area (Å²) in [6, 6.07) is 7.69. The summed E-state index contributed by atoms with van der Waals surface area (Å²) in [6.07, 6.45) is 1.91. The smallest absolute Gasteiger partial charge is 0.103 e. The lowest BCUT2D eigenvalue weighted by Gasteiger charge is -2.20. The molecule has 6 nitrogen and oxygen atoms in total. The van der Waals surface area contributed by atoms with Crippen LogP contribution >= 0.6 is 11.6 Å². The van der Waals surface area contributed by atoms with Crippen LogP contribution in [0.2, 0.25) is 5.02 Å². The zero-order valence-corrected chi connectivity index (χ0v) is 13.2. The van der Waals surface area contributed by atoms with Crippen LogP contribution < -0.4 is 4.90 Å². The fourth-order valence-electron chi connectivity index (χ4n) is 2.92. The van der Waals surface area contributed by atoms with Crippen molar-refractivity contribution < 1.29 is 4.74 Å². The maximum Gasteiger partial charge on any atom is 0.103 e. The topological polar surface area (TPSA) is 67.0 Å². The number of rotatable bonds is 3. The van der Waals surface area contributed by atoms with Crippen molar-refractivity contribution in [2.75, 3.05) is 25.1 Å². The molecule has 1 aliphatic rings. The molecule has 0 aliphatic carbocycles. The van der Waals surface area contributed by atoms with Gasteiger partial charge in [0.05, 0.1) is 34.0 Å². The Hall–Kier alpha value is -2.10. The highest BCUT2D eigenvalue weighted by Gasteiger charge is 2.36. The summed E-state index contributed by atoms with van der Waals surface area (Å²) in [5.74, 6) is 0.115. The molecule has 0 radical (unpaired) electrons. The average molecular weight is 318 g/mol. The third-order valence-corrected chi connectivity index (χ3v) is 4.33. The predicted octanol–water partition coefficient (Wildman–Crippen LogP) is 1.96. The molecule has 1 aromatic carbocycles. The average Bonchev–Trinajstić information content (AvgIpc) is 3.12. The van der Waals surface area contributed by atoms with Gasteiger partial charge in [0, 0.05) is 33.4 Å². The van der Waals surface area contributed by atoms with Crippen molar-refractivity contribution in [3.8, 4) is 6.07 Å². The minimum absolute atomic E-state index is 0.00206. The summed E-state index contributed by atoms with van der Waals surface area (Å²) in [7, 11) is 3.54. The Balaban J connectivity index is 1.92. The number of nitriles is 1. The van der Waals surface area contributed by atoms with Gasteiger partial charge in [0.1, 0.15) is 6.07 Å². The van der Waals surface area contributed by atoms with Gasteiger partial charge in [0.2, 0.25) is 0 Å². The van der Waals surface area contributed by atoms with Gasteiger partial charge in [-0.2, -0.15) is 5.26 Å².